The van der Waals surface area contributed by atoms with Gasteiger partial charge in [0.2, 0.25) is 17.6 Å². The van der Waals surface area contributed by atoms with Crippen LogP contribution in [0.2, 0.25) is 5.02 Å². The number of esters is 1. The molecule has 0 aromatic heterocycles. The summed E-state index contributed by atoms with van der Waals surface area (Å²) in [6.07, 6.45) is -1.43. The molecule has 0 aliphatic rings. The minimum Gasteiger partial charge on any atom is -0.448 e. The number of halogens is 1. The molecule has 0 radical (unpaired) electrons. The third kappa shape index (κ3) is 7.72. The number of amides is 2. The van der Waals surface area contributed by atoms with Crippen molar-refractivity contribution in [2.24, 2.45) is 0 Å². The maximum Gasteiger partial charge on any atom is 0.327 e. The van der Waals surface area contributed by atoms with Crippen molar-refractivity contribution in [3.05, 3.63) is 143 Å². The first-order valence-electron chi connectivity index (χ1n) is 12.4. The monoisotopic (exact) mass is 539 g/mol. The van der Waals surface area contributed by atoms with Crippen molar-refractivity contribution in [1.82, 2.24) is 4.90 Å². The van der Waals surface area contributed by atoms with Gasteiger partial charge in [0.1, 0.15) is 6.54 Å². The van der Waals surface area contributed by atoms with E-state index in [0.717, 1.165) is 4.90 Å². The van der Waals surface area contributed by atoms with E-state index in [4.69, 9.17) is 16.3 Å². The Hall–Kier alpha value is -4.55. The minimum absolute atomic E-state index is 0.0712. The van der Waals surface area contributed by atoms with E-state index >= 15 is 0 Å². The highest BCUT2D eigenvalue weighted by Gasteiger charge is 2.30. The molecule has 7 heteroatoms. The predicted octanol–water partition coefficient (Wildman–Crippen LogP) is 5.65. The Morgan fingerprint density at radius 3 is 1.59 bits per heavy atom. The number of ether oxygens (including phenoxy) is 1. The Morgan fingerprint density at radius 1 is 0.641 bits per heavy atom. The molecular weight excluding hydrogens is 514 g/mol. The van der Waals surface area contributed by atoms with Gasteiger partial charge in [-0.1, -0.05) is 115 Å². The highest BCUT2D eigenvalue weighted by molar-refractivity contribution is 6.30. The fourth-order valence-electron chi connectivity index (χ4n) is 4.01. The lowest BCUT2D eigenvalue weighted by Crippen LogP contribution is -2.43. The van der Waals surface area contributed by atoms with Gasteiger partial charge < -0.3 is 4.74 Å². The summed E-state index contributed by atoms with van der Waals surface area (Å²) in [5.74, 6) is -2.42. The molecule has 4 rings (SSSR count). The number of Topliss-reactive ketones (excluding diaryl/α,β-unsaturated/α-hetero) is 1. The molecule has 1 atom stereocenters. The van der Waals surface area contributed by atoms with E-state index in [1.807, 2.05) is 12.1 Å². The largest absolute Gasteiger partial charge is 0.448 e. The van der Waals surface area contributed by atoms with E-state index in [9.17, 15) is 19.2 Å². The molecule has 6 nitrogen and oxygen atoms in total. The topological polar surface area (TPSA) is 80.8 Å². The van der Waals surface area contributed by atoms with Gasteiger partial charge in [-0.05, 0) is 23.3 Å². The first-order chi connectivity index (χ1) is 18.9. The molecule has 0 spiro atoms. The number of imide groups is 1. The van der Waals surface area contributed by atoms with Gasteiger partial charge in [-0.3, -0.25) is 24.1 Å². The zero-order valence-corrected chi connectivity index (χ0v) is 21.8. The van der Waals surface area contributed by atoms with Crippen molar-refractivity contribution in [3.8, 4) is 0 Å². The van der Waals surface area contributed by atoms with Crippen molar-refractivity contribution in [3.63, 3.8) is 0 Å². The molecule has 0 aliphatic heterocycles. The second kappa shape index (κ2) is 13.3. The highest BCUT2D eigenvalue weighted by Crippen LogP contribution is 2.25. The molecule has 1 unspecified atom stereocenters. The average Bonchev–Trinajstić information content (AvgIpc) is 2.96. The first-order valence-corrected chi connectivity index (χ1v) is 12.7. The molecule has 2 amide bonds. The van der Waals surface area contributed by atoms with Crippen molar-refractivity contribution >= 4 is 35.2 Å². The Kier molecular flexibility index (Phi) is 9.38. The lowest BCUT2D eigenvalue weighted by Gasteiger charge is -2.23. The van der Waals surface area contributed by atoms with Gasteiger partial charge in [-0.2, -0.15) is 0 Å². The van der Waals surface area contributed by atoms with Crippen LogP contribution in [0.5, 0.6) is 0 Å². The molecule has 196 valence electrons. The highest BCUT2D eigenvalue weighted by atomic mass is 35.5. The summed E-state index contributed by atoms with van der Waals surface area (Å²) in [6, 6.07) is 32.7. The van der Waals surface area contributed by atoms with E-state index in [0.29, 0.717) is 27.3 Å². The van der Waals surface area contributed by atoms with E-state index in [-0.39, 0.29) is 12.8 Å². The number of hydrogen-bond donors (Lipinski definition) is 0. The normalized spacial score (nSPS) is 11.3. The summed E-state index contributed by atoms with van der Waals surface area (Å²) in [6.45, 7) is -0.635. The zero-order valence-electron chi connectivity index (χ0n) is 21.0. The van der Waals surface area contributed by atoms with Crippen molar-refractivity contribution in [1.29, 1.82) is 0 Å². The molecular formula is C32H26ClNO5. The van der Waals surface area contributed by atoms with Gasteiger partial charge in [0.15, 0.2) is 6.10 Å². The fraction of sp³-hybridized carbons (Fsp3) is 0.125. The van der Waals surface area contributed by atoms with E-state index in [2.05, 4.69) is 0 Å². The second-order valence-corrected chi connectivity index (χ2v) is 9.29. The van der Waals surface area contributed by atoms with Crippen LogP contribution in [-0.2, 0) is 32.0 Å². The number of hydrogen-bond acceptors (Lipinski definition) is 5. The van der Waals surface area contributed by atoms with Crippen molar-refractivity contribution < 1.29 is 23.9 Å². The Bertz CT molecular complexity index is 1370. The van der Waals surface area contributed by atoms with Crippen LogP contribution in [0, 0.1) is 0 Å². The lowest BCUT2D eigenvalue weighted by atomic mass is 10.00. The number of rotatable bonds is 10. The molecule has 0 N–H and O–H groups in total. The Labute approximate surface area is 231 Å². The smallest absolute Gasteiger partial charge is 0.327 e. The molecule has 0 saturated heterocycles. The van der Waals surface area contributed by atoms with Crippen molar-refractivity contribution in [2.75, 3.05) is 6.54 Å². The lowest BCUT2D eigenvalue weighted by molar-refractivity contribution is -0.157. The van der Waals surface area contributed by atoms with Crippen LogP contribution < -0.4 is 0 Å². The number of ketones is 1. The zero-order chi connectivity index (χ0) is 27.6. The molecule has 4 aromatic rings. The Morgan fingerprint density at radius 2 is 1.10 bits per heavy atom. The number of carbonyl (C=O) groups excluding carboxylic acids is 4. The van der Waals surface area contributed by atoms with Gasteiger partial charge >= 0.3 is 5.97 Å². The molecule has 0 fully saturated rings. The maximum atomic E-state index is 13.3. The first kappa shape index (κ1) is 27.5. The fourth-order valence-corrected chi connectivity index (χ4v) is 4.14. The molecule has 4 aromatic carbocycles. The van der Waals surface area contributed by atoms with Gasteiger partial charge in [-0.15, -0.1) is 0 Å². The summed E-state index contributed by atoms with van der Waals surface area (Å²) in [5.41, 5.74) is 2.17. The third-order valence-corrected chi connectivity index (χ3v) is 6.26. The quantitative estimate of drug-likeness (QED) is 0.192. The van der Waals surface area contributed by atoms with E-state index in [1.54, 1.807) is 103 Å². The minimum atomic E-state index is -1.28. The average molecular weight is 540 g/mol. The molecule has 39 heavy (non-hydrogen) atoms. The van der Waals surface area contributed by atoms with E-state index < -0.39 is 36.2 Å². The van der Waals surface area contributed by atoms with Crippen LogP contribution in [0.4, 0.5) is 0 Å². The summed E-state index contributed by atoms with van der Waals surface area (Å²) in [7, 11) is 0. The van der Waals surface area contributed by atoms with E-state index in [1.165, 1.54) is 0 Å². The van der Waals surface area contributed by atoms with Gasteiger partial charge in [0.25, 0.3) is 0 Å². The number of benzene rings is 4. The maximum absolute atomic E-state index is 13.3. The third-order valence-electron chi connectivity index (χ3n) is 6.00. The van der Waals surface area contributed by atoms with Crippen LogP contribution in [0.1, 0.15) is 33.2 Å². The molecule has 0 saturated carbocycles. The standard InChI is InChI=1S/C32H26ClNO5/c33-27-18-16-26(17-19-27)32(31(38)25-14-8-3-9-15-25)39-30(37)22-34(28(35)20-23-10-4-1-5-11-23)29(36)21-24-12-6-2-7-13-24/h1-19,32H,20-22H2. The molecule has 0 heterocycles. The SMILES string of the molecule is O=C(CN(C(=O)Cc1ccccc1)C(=O)Cc1ccccc1)OC(C(=O)c1ccccc1)c1ccc(Cl)cc1. The van der Waals surface area contributed by atoms with Gasteiger partial charge in [0, 0.05) is 16.1 Å². The van der Waals surface area contributed by atoms with Gasteiger partial charge in [0.05, 0.1) is 12.8 Å². The number of carbonyl (C=O) groups is 4. The summed E-state index contributed by atoms with van der Waals surface area (Å²) < 4.78 is 5.65. The van der Waals surface area contributed by atoms with Crippen LogP contribution in [0.25, 0.3) is 0 Å². The second-order valence-electron chi connectivity index (χ2n) is 8.85. The Balaban J connectivity index is 1.57. The van der Waals surface area contributed by atoms with Crippen LogP contribution in [-0.4, -0.2) is 35.0 Å². The van der Waals surface area contributed by atoms with Crippen LogP contribution in [0.15, 0.2) is 115 Å². The van der Waals surface area contributed by atoms with Gasteiger partial charge in [-0.25, -0.2) is 0 Å². The predicted molar refractivity (Wildman–Crippen MR) is 148 cm³/mol. The summed E-state index contributed by atoms with van der Waals surface area (Å²) in [4.78, 5) is 53.9. The molecule has 0 bridgehead atoms. The summed E-state index contributed by atoms with van der Waals surface area (Å²) >= 11 is 6.02. The molecule has 0 aliphatic carbocycles. The van der Waals surface area contributed by atoms with Crippen LogP contribution in [0.3, 0.4) is 0 Å². The number of nitrogens with zero attached hydrogens (tertiary/aromatic N) is 1. The van der Waals surface area contributed by atoms with Crippen molar-refractivity contribution in [2.45, 2.75) is 18.9 Å². The van der Waals surface area contributed by atoms with Crippen LogP contribution >= 0.6 is 11.6 Å². The summed E-state index contributed by atoms with van der Waals surface area (Å²) in [5, 5.41) is 0.458.